The van der Waals surface area contributed by atoms with Crippen molar-refractivity contribution >= 4 is 10.9 Å². The molecular formula is C19H21N3O. The number of aryl methyl sites for hydroxylation is 2. The number of nitrogens with zero attached hydrogens (tertiary/aromatic N) is 2. The Morgan fingerprint density at radius 1 is 1.17 bits per heavy atom. The number of fused-ring (bicyclic) bond motifs is 1. The van der Waals surface area contributed by atoms with Gasteiger partial charge in [0.15, 0.2) is 5.43 Å². The second-order valence-corrected chi connectivity index (χ2v) is 5.75. The SMILES string of the molecule is Cn1cc(CNCCCc2cccnc2)c(=O)c2ccccc21. The summed E-state index contributed by atoms with van der Waals surface area (Å²) in [4.78, 5) is 16.6. The lowest BCUT2D eigenvalue weighted by Gasteiger charge is -2.10. The fourth-order valence-corrected chi connectivity index (χ4v) is 2.82. The first kappa shape index (κ1) is 15.4. The standard InChI is InChI=1S/C19H21N3O/c1-22-14-16(19(23)17-8-2-3-9-18(17)22)13-21-11-5-7-15-6-4-10-20-12-15/h2-4,6,8-10,12,14,21H,5,7,11,13H2,1H3. The number of pyridine rings is 2. The Hall–Kier alpha value is -2.46. The second kappa shape index (κ2) is 7.20. The Labute approximate surface area is 135 Å². The summed E-state index contributed by atoms with van der Waals surface area (Å²) in [7, 11) is 1.98. The number of aromatic nitrogens is 2. The number of para-hydroxylation sites is 1. The molecule has 1 N–H and O–H groups in total. The van der Waals surface area contributed by atoms with Crippen LogP contribution in [0.5, 0.6) is 0 Å². The van der Waals surface area contributed by atoms with Gasteiger partial charge in [-0.3, -0.25) is 9.78 Å². The monoisotopic (exact) mass is 307 g/mol. The maximum Gasteiger partial charge on any atom is 0.193 e. The van der Waals surface area contributed by atoms with Crippen LogP contribution in [0.1, 0.15) is 17.5 Å². The molecule has 2 aromatic heterocycles. The van der Waals surface area contributed by atoms with E-state index >= 15 is 0 Å². The van der Waals surface area contributed by atoms with Gasteiger partial charge in [0.05, 0.1) is 5.52 Å². The Kier molecular flexibility index (Phi) is 4.83. The minimum Gasteiger partial charge on any atom is -0.350 e. The van der Waals surface area contributed by atoms with Crippen LogP contribution in [0.15, 0.2) is 59.8 Å². The van der Waals surface area contributed by atoms with E-state index in [4.69, 9.17) is 0 Å². The minimum absolute atomic E-state index is 0.124. The lowest BCUT2D eigenvalue weighted by Crippen LogP contribution is -2.22. The summed E-state index contributed by atoms with van der Waals surface area (Å²) in [5, 5.41) is 4.15. The molecule has 0 atom stereocenters. The molecule has 0 radical (unpaired) electrons. The van der Waals surface area contributed by atoms with Gasteiger partial charge in [0, 0.05) is 43.1 Å². The highest BCUT2D eigenvalue weighted by atomic mass is 16.1. The Morgan fingerprint density at radius 3 is 2.87 bits per heavy atom. The highest BCUT2D eigenvalue weighted by Gasteiger charge is 2.06. The van der Waals surface area contributed by atoms with Crippen LogP contribution in [0.3, 0.4) is 0 Å². The fraction of sp³-hybridized carbons (Fsp3) is 0.263. The summed E-state index contributed by atoms with van der Waals surface area (Å²) in [5.74, 6) is 0. The molecule has 0 bridgehead atoms. The van der Waals surface area contributed by atoms with Gasteiger partial charge in [-0.25, -0.2) is 0 Å². The number of nitrogens with one attached hydrogen (secondary N) is 1. The average molecular weight is 307 g/mol. The molecule has 0 spiro atoms. The average Bonchev–Trinajstić information content (AvgIpc) is 2.60. The first-order chi connectivity index (χ1) is 11.3. The van der Waals surface area contributed by atoms with Crippen molar-refractivity contribution < 1.29 is 0 Å². The number of hydrogen-bond donors (Lipinski definition) is 1. The van der Waals surface area contributed by atoms with Crippen molar-refractivity contribution in [1.82, 2.24) is 14.9 Å². The molecule has 118 valence electrons. The van der Waals surface area contributed by atoms with Crippen molar-refractivity contribution in [3.8, 4) is 0 Å². The van der Waals surface area contributed by atoms with Crippen LogP contribution in [0.4, 0.5) is 0 Å². The Balaban J connectivity index is 1.59. The number of hydrogen-bond acceptors (Lipinski definition) is 3. The van der Waals surface area contributed by atoms with E-state index in [1.807, 2.05) is 54.3 Å². The van der Waals surface area contributed by atoms with E-state index < -0.39 is 0 Å². The van der Waals surface area contributed by atoms with Gasteiger partial charge in [-0.05, 0) is 43.1 Å². The van der Waals surface area contributed by atoms with Crippen LogP contribution in [-0.4, -0.2) is 16.1 Å². The van der Waals surface area contributed by atoms with Crippen LogP contribution in [0.2, 0.25) is 0 Å². The molecule has 0 aliphatic rings. The van der Waals surface area contributed by atoms with Crippen molar-refractivity contribution in [3.63, 3.8) is 0 Å². The third-order valence-electron chi connectivity index (χ3n) is 4.03. The van der Waals surface area contributed by atoms with E-state index in [1.165, 1.54) is 5.56 Å². The predicted octanol–water partition coefficient (Wildman–Crippen LogP) is 2.66. The molecule has 23 heavy (non-hydrogen) atoms. The van der Waals surface area contributed by atoms with Crippen molar-refractivity contribution in [3.05, 3.63) is 76.3 Å². The molecule has 1 aromatic carbocycles. The van der Waals surface area contributed by atoms with Crippen LogP contribution in [0, 0.1) is 0 Å². The first-order valence-electron chi connectivity index (χ1n) is 7.92. The van der Waals surface area contributed by atoms with E-state index in [0.717, 1.165) is 35.9 Å². The molecule has 4 nitrogen and oxygen atoms in total. The topological polar surface area (TPSA) is 46.9 Å². The summed E-state index contributed by atoms with van der Waals surface area (Å²) >= 11 is 0. The van der Waals surface area contributed by atoms with E-state index in [0.29, 0.717) is 6.54 Å². The summed E-state index contributed by atoms with van der Waals surface area (Å²) in [5.41, 5.74) is 3.15. The van der Waals surface area contributed by atoms with Crippen molar-refractivity contribution in [2.75, 3.05) is 6.54 Å². The molecule has 0 saturated carbocycles. The molecule has 0 unspecified atom stereocenters. The van der Waals surface area contributed by atoms with Crippen molar-refractivity contribution in [1.29, 1.82) is 0 Å². The molecule has 0 aliphatic carbocycles. The zero-order valence-corrected chi connectivity index (χ0v) is 13.3. The van der Waals surface area contributed by atoms with Gasteiger partial charge in [0.1, 0.15) is 0 Å². The molecule has 0 saturated heterocycles. The minimum atomic E-state index is 0.124. The van der Waals surface area contributed by atoms with Crippen molar-refractivity contribution in [2.45, 2.75) is 19.4 Å². The van der Waals surface area contributed by atoms with Crippen LogP contribution in [0.25, 0.3) is 10.9 Å². The fourth-order valence-electron chi connectivity index (χ4n) is 2.82. The van der Waals surface area contributed by atoms with Crippen LogP contribution >= 0.6 is 0 Å². The third-order valence-corrected chi connectivity index (χ3v) is 4.03. The molecule has 2 heterocycles. The van der Waals surface area contributed by atoms with Gasteiger partial charge in [0.25, 0.3) is 0 Å². The van der Waals surface area contributed by atoms with Crippen LogP contribution in [-0.2, 0) is 20.0 Å². The largest absolute Gasteiger partial charge is 0.350 e. The van der Waals surface area contributed by atoms with E-state index in [9.17, 15) is 4.79 Å². The van der Waals surface area contributed by atoms with Gasteiger partial charge >= 0.3 is 0 Å². The Bertz CT molecular complexity index is 840. The second-order valence-electron chi connectivity index (χ2n) is 5.75. The third kappa shape index (κ3) is 3.66. The lowest BCUT2D eigenvalue weighted by molar-refractivity contribution is 0.644. The zero-order chi connectivity index (χ0) is 16.1. The summed E-state index contributed by atoms with van der Waals surface area (Å²) in [6.45, 7) is 1.48. The normalized spacial score (nSPS) is 11.0. The molecular weight excluding hydrogens is 286 g/mol. The maximum atomic E-state index is 12.5. The quantitative estimate of drug-likeness (QED) is 0.712. The summed E-state index contributed by atoms with van der Waals surface area (Å²) in [6.07, 6.45) is 7.64. The van der Waals surface area contributed by atoms with E-state index in [1.54, 1.807) is 6.20 Å². The smallest absolute Gasteiger partial charge is 0.193 e. The molecule has 0 amide bonds. The summed E-state index contributed by atoms with van der Waals surface area (Å²) < 4.78 is 2.02. The molecule has 0 fully saturated rings. The van der Waals surface area contributed by atoms with Gasteiger partial charge in [-0.2, -0.15) is 0 Å². The highest BCUT2D eigenvalue weighted by molar-refractivity contribution is 5.79. The van der Waals surface area contributed by atoms with Crippen molar-refractivity contribution in [2.24, 2.45) is 7.05 Å². The number of benzene rings is 1. The van der Waals surface area contributed by atoms with Gasteiger partial charge in [-0.1, -0.05) is 18.2 Å². The highest BCUT2D eigenvalue weighted by Crippen LogP contribution is 2.10. The van der Waals surface area contributed by atoms with E-state index in [-0.39, 0.29) is 5.43 Å². The van der Waals surface area contributed by atoms with Gasteiger partial charge < -0.3 is 9.88 Å². The van der Waals surface area contributed by atoms with Gasteiger partial charge in [-0.15, -0.1) is 0 Å². The first-order valence-corrected chi connectivity index (χ1v) is 7.92. The van der Waals surface area contributed by atoms with Gasteiger partial charge in [0.2, 0.25) is 0 Å². The lowest BCUT2D eigenvalue weighted by atomic mass is 10.1. The molecule has 3 rings (SSSR count). The molecule has 0 aliphatic heterocycles. The predicted molar refractivity (Wildman–Crippen MR) is 93.5 cm³/mol. The summed E-state index contributed by atoms with van der Waals surface area (Å²) in [6, 6.07) is 11.8. The molecule has 3 aromatic rings. The number of rotatable bonds is 6. The molecule has 4 heteroatoms. The Morgan fingerprint density at radius 2 is 2.04 bits per heavy atom. The van der Waals surface area contributed by atoms with E-state index in [2.05, 4.69) is 16.4 Å². The van der Waals surface area contributed by atoms with Crippen LogP contribution < -0.4 is 10.7 Å². The zero-order valence-electron chi connectivity index (χ0n) is 13.3. The maximum absolute atomic E-state index is 12.5.